The Morgan fingerprint density at radius 2 is 2.15 bits per heavy atom. The summed E-state index contributed by atoms with van der Waals surface area (Å²) in [5.41, 5.74) is 12.1. The number of nitrogen functional groups attached to an aromatic ring is 1. The summed E-state index contributed by atoms with van der Waals surface area (Å²) in [7, 11) is 0. The SMILES string of the molecule is NCCCSc1ccc(Br)cc1N. The van der Waals surface area contributed by atoms with E-state index in [2.05, 4.69) is 15.9 Å². The molecule has 0 fully saturated rings. The smallest absolute Gasteiger partial charge is 0.0463 e. The zero-order valence-corrected chi connectivity index (χ0v) is 9.70. The van der Waals surface area contributed by atoms with E-state index >= 15 is 0 Å². The third-order valence-corrected chi connectivity index (χ3v) is 3.25. The minimum absolute atomic E-state index is 0.740. The zero-order chi connectivity index (χ0) is 9.68. The highest BCUT2D eigenvalue weighted by Gasteiger charge is 1.99. The molecule has 72 valence electrons. The van der Waals surface area contributed by atoms with E-state index in [9.17, 15) is 0 Å². The van der Waals surface area contributed by atoms with E-state index in [1.165, 1.54) is 0 Å². The van der Waals surface area contributed by atoms with Crippen LogP contribution in [0, 0.1) is 0 Å². The molecule has 1 rings (SSSR count). The molecule has 0 aromatic heterocycles. The highest BCUT2D eigenvalue weighted by atomic mass is 79.9. The van der Waals surface area contributed by atoms with Crippen LogP contribution in [0.15, 0.2) is 27.6 Å². The van der Waals surface area contributed by atoms with Crippen LogP contribution in [0.2, 0.25) is 0 Å². The lowest BCUT2D eigenvalue weighted by Crippen LogP contribution is -1.99. The average Bonchev–Trinajstić information content (AvgIpc) is 2.09. The van der Waals surface area contributed by atoms with Crippen molar-refractivity contribution in [1.82, 2.24) is 0 Å². The summed E-state index contributed by atoms with van der Waals surface area (Å²) >= 11 is 5.12. The second kappa shape index (κ2) is 5.52. The molecule has 0 bridgehead atoms. The minimum Gasteiger partial charge on any atom is -0.398 e. The van der Waals surface area contributed by atoms with Gasteiger partial charge in [-0.1, -0.05) is 15.9 Å². The number of rotatable bonds is 4. The molecule has 1 aromatic carbocycles. The van der Waals surface area contributed by atoms with Gasteiger partial charge in [0, 0.05) is 15.1 Å². The number of nitrogens with two attached hydrogens (primary N) is 2. The lowest BCUT2D eigenvalue weighted by atomic mass is 10.3. The van der Waals surface area contributed by atoms with Crippen LogP contribution in [-0.4, -0.2) is 12.3 Å². The quantitative estimate of drug-likeness (QED) is 0.497. The van der Waals surface area contributed by atoms with Crippen LogP contribution in [0.25, 0.3) is 0 Å². The standard InChI is InChI=1S/C9H13BrN2S/c10-7-2-3-9(8(12)6-7)13-5-1-4-11/h2-3,6H,1,4-5,11-12H2. The Balaban J connectivity index is 2.56. The molecule has 0 unspecified atom stereocenters. The van der Waals surface area contributed by atoms with Crippen LogP contribution >= 0.6 is 27.7 Å². The molecule has 0 radical (unpaired) electrons. The summed E-state index contributed by atoms with van der Waals surface area (Å²) in [5, 5.41) is 0. The number of thioether (sulfide) groups is 1. The molecular weight excluding hydrogens is 248 g/mol. The molecule has 0 amide bonds. The molecule has 0 heterocycles. The van der Waals surface area contributed by atoms with Crippen LogP contribution in [0.5, 0.6) is 0 Å². The van der Waals surface area contributed by atoms with Crippen molar-refractivity contribution in [2.45, 2.75) is 11.3 Å². The van der Waals surface area contributed by atoms with Gasteiger partial charge in [-0.15, -0.1) is 11.8 Å². The van der Waals surface area contributed by atoms with E-state index in [1.807, 2.05) is 18.2 Å². The maximum atomic E-state index is 5.82. The van der Waals surface area contributed by atoms with Gasteiger partial charge in [-0.3, -0.25) is 0 Å². The predicted molar refractivity (Wildman–Crippen MR) is 62.9 cm³/mol. The van der Waals surface area contributed by atoms with Crippen molar-refractivity contribution >= 4 is 33.4 Å². The first-order valence-corrected chi connectivity index (χ1v) is 5.90. The van der Waals surface area contributed by atoms with Crippen molar-refractivity contribution in [3.8, 4) is 0 Å². The molecule has 4 heteroatoms. The van der Waals surface area contributed by atoms with Crippen LogP contribution in [0.3, 0.4) is 0 Å². The van der Waals surface area contributed by atoms with Crippen molar-refractivity contribution in [2.24, 2.45) is 5.73 Å². The van der Waals surface area contributed by atoms with Gasteiger partial charge in [-0.25, -0.2) is 0 Å². The van der Waals surface area contributed by atoms with E-state index in [-0.39, 0.29) is 0 Å². The van der Waals surface area contributed by atoms with E-state index in [0.29, 0.717) is 0 Å². The number of anilines is 1. The average molecular weight is 261 g/mol. The van der Waals surface area contributed by atoms with Crippen molar-refractivity contribution in [3.63, 3.8) is 0 Å². The first-order chi connectivity index (χ1) is 6.24. The number of hydrogen-bond donors (Lipinski definition) is 2. The van der Waals surface area contributed by atoms with Gasteiger partial charge in [0.05, 0.1) is 0 Å². The molecule has 0 atom stereocenters. The zero-order valence-electron chi connectivity index (χ0n) is 7.29. The van der Waals surface area contributed by atoms with Gasteiger partial charge in [-0.2, -0.15) is 0 Å². The Labute approximate surface area is 91.2 Å². The van der Waals surface area contributed by atoms with Crippen molar-refractivity contribution in [2.75, 3.05) is 18.0 Å². The monoisotopic (exact) mass is 260 g/mol. The van der Waals surface area contributed by atoms with Crippen LogP contribution in [-0.2, 0) is 0 Å². The Kier molecular flexibility index (Phi) is 4.62. The van der Waals surface area contributed by atoms with Crippen molar-refractivity contribution in [3.05, 3.63) is 22.7 Å². The third kappa shape index (κ3) is 3.58. The largest absolute Gasteiger partial charge is 0.398 e. The lowest BCUT2D eigenvalue weighted by Gasteiger charge is -2.04. The topological polar surface area (TPSA) is 52.0 Å². The highest BCUT2D eigenvalue weighted by molar-refractivity contribution is 9.10. The molecule has 0 saturated carbocycles. The van der Waals surface area contributed by atoms with Crippen LogP contribution < -0.4 is 11.5 Å². The second-order valence-electron chi connectivity index (χ2n) is 2.67. The van der Waals surface area contributed by atoms with Gasteiger partial charge in [0.15, 0.2) is 0 Å². The fraction of sp³-hybridized carbons (Fsp3) is 0.333. The first-order valence-electron chi connectivity index (χ1n) is 4.12. The molecule has 4 N–H and O–H groups in total. The Morgan fingerprint density at radius 3 is 2.77 bits per heavy atom. The molecule has 0 spiro atoms. The van der Waals surface area contributed by atoms with Crippen molar-refractivity contribution in [1.29, 1.82) is 0 Å². The minimum atomic E-state index is 0.740. The molecule has 0 aliphatic carbocycles. The Morgan fingerprint density at radius 1 is 1.38 bits per heavy atom. The molecule has 0 aliphatic rings. The van der Waals surface area contributed by atoms with Gasteiger partial charge in [-0.05, 0) is 36.9 Å². The normalized spacial score (nSPS) is 10.3. The Bertz CT molecular complexity index is 278. The van der Waals surface area contributed by atoms with E-state index < -0.39 is 0 Å². The molecular formula is C9H13BrN2S. The van der Waals surface area contributed by atoms with Crippen LogP contribution in [0.4, 0.5) is 5.69 Å². The van der Waals surface area contributed by atoms with Gasteiger partial charge in [0.1, 0.15) is 0 Å². The van der Waals surface area contributed by atoms with Crippen LogP contribution in [0.1, 0.15) is 6.42 Å². The van der Waals surface area contributed by atoms with E-state index in [1.54, 1.807) is 11.8 Å². The van der Waals surface area contributed by atoms with Crippen molar-refractivity contribution < 1.29 is 0 Å². The fourth-order valence-electron chi connectivity index (χ4n) is 0.916. The van der Waals surface area contributed by atoms with Gasteiger partial charge >= 0.3 is 0 Å². The number of halogens is 1. The second-order valence-corrected chi connectivity index (χ2v) is 4.73. The van der Waals surface area contributed by atoms with E-state index in [4.69, 9.17) is 11.5 Å². The molecule has 0 aliphatic heterocycles. The van der Waals surface area contributed by atoms with Gasteiger partial charge in [0.25, 0.3) is 0 Å². The highest BCUT2D eigenvalue weighted by Crippen LogP contribution is 2.27. The summed E-state index contributed by atoms with van der Waals surface area (Å²) in [5.74, 6) is 1.03. The predicted octanol–water partition coefficient (Wildman–Crippen LogP) is 2.47. The summed E-state index contributed by atoms with van der Waals surface area (Å²) in [4.78, 5) is 1.14. The van der Waals surface area contributed by atoms with Gasteiger partial charge < -0.3 is 11.5 Å². The van der Waals surface area contributed by atoms with E-state index in [0.717, 1.165) is 33.8 Å². The molecule has 13 heavy (non-hydrogen) atoms. The molecule has 1 aromatic rings. The first kappa shape index (κ1) is 10.9. The fourth-order valence-corrected chi connectivity index (χ4v) is 2.22. The summed E-state index contributed by atoms with van der Waals surface area (Å²) in [6, 6.07) is 5.95. The van der Waals surface area contributed by atoms with Gasteiger partial charge in [0.2, 0.25) is 0 Å². The summed E-state index contributed by atoms with van der Waals surface area (Å²) < 4.78 is 1.02. The molecule has 0 saturated heterocycles. The summed E-state index contributed by atoms with van der Waals surface area (Å²) in [6.07, 6.45) is 1.03. The lowest BCUT2D eigenvalue weighted by molar-refractivity contribution is 0.943. The number of hydrogen-bond acceptors (Lipinski definition) is 3. The Hall–Kier alpha value is -0.190. The third-order valence-electron chi connectivity index (χ3n) is 1.58. The molecule has 2 nitrogen and oxygen atoms in total. The number of benzene rings is 1. The summed E-state index contributed by atoms with van der Waals surface area (Å²) in [6.45, 7) is 0.740. The maximum Gasteiger partial charge on any atom is 0.0463 e. The maximum absolute atomic E-state index is 5.82.